The number of nitrogens with zero attached hydrogens (tertiary/aromatic N) is 4. The summed E-state index contributed by atoms with van der Waals surface area (Å²) in [7, 11) is 0. The lowest BCUT2D eigenvalue weighted by Gasteiger charge is -2.22. The SMILES string of the molecule is C[C@H](O)C(=O)N1C[C@H]2CC(Nc3c(-c4nc5c(s4)C(=O)N(CCCF)C5)cnc4[nH]ccc34)C[C@H]2C1. The number of hydrogen-bond acceptors (Lipinski definition) is 7. The van der Waals surface area contributed by atoms with E-state index in [9.17, 15) is 19.1 Å². The number of fused-ring (bicyclic) bond motifs is 3. The molecular weight excluding hydrogens is 483 g/mol. The van der Waals surface area contributed by atoms with Crippen molar-refractivity contribution >= 4 is 39.9 Å². The fraction of sp³-hybridized carbons (Fsp3) is 0.520. The number of alkyl halides is 1. The van der Waals surface area contributed by atoms with Crippen LogP contribution in [0.25, 0.3) is 21.6 Å². The van der Waals surface area contributed by atoms with Crippen LogP contribution in [0.1, 0.15) is 41.6 Å². The second kappa shape index (κ2) is 9.11. The van der Waals surface area contributed by atoms with Crippen molar-refractivity contribution in [2.45, 2.75) is 44.9 Å². The molecule has 6 rings (SSSR count). The Balaban J connectivity index is 1.24. The molecule has 3 aromatic rings. The molecule has 36 heavy (non-hydrogen) atoms. The molecule has 11 heteroatoms. The number of carbonyl (C=O) groups is 2. The lowest BCUT2D eigenvalue weighted by Crippen LogP contribution is -2.37. The number of nitrogens with one attached hydrogen (secondary N) is 2. The van der Waals surface area contributed by atoms with Crippen LogP contribution in [0.15, 0.2) is 18.5 Å². The van der Waals surface area contributed by atoms with Gasteiger partial charge < -0.3 is 25.2 Å². The number of rotatable bonds is 7. The summed E-state index contributed by atoms with van der Waals surface area (Å²) in [6.07, 6.45) is 4.94. The Labute approximate surface area is 211 Å². The highest BCUT2D eigenvalue weighted by atomic mass is 32.1. The second-order valence-electron chi connectivity index (χ2n) is 10.1. The number of aliphatic hydroxyl groups excluding tert-OH is 1. The highest BCUT2D eigenvalue weighted by Crippen LogP contribution is 2.43. The average Bonchev–Trinajstić information content (AvgIpc) is 3.65. The molecule has 1 aliphatic carbocycles. The third-order valence-electron chi connectivity index (χ3n) is 7.67. The van der Waals surface area contributed by atoms with Crippen molar-refractivity contribution in [2.75, 3.05) is 31.6 Å². The Bertz CT molecular complexity index is 1310. The molecule has 1 saturated heterocycles. The van der Waals surface area contributed by atoms with E-state index in [4.69, 9.17) is 4.98 Å². The maximum atomic E-state index is 12.8. The number of H-pyrrole nitrogens is 1. The standard InChI is InChI=1S/C25H29FN6O3S/c1-13(33)24(34)32-10-14-7-16(8-15(14)11-32)29-20-17-3-5-27-22(17)28-9-18(20)23-30-19-12-31(6-2-4-26)25(35)21(19)36-23/h3,5,9,13-16,33H,2,4,6-8,10-12H2,1H3,(H2,27,28,29)/t13-,14-,15+,16?/m0/s1. The molecule has 1 unspecified atom stereocenters. The van der Waals surface area contributed by atoms with E-state index in [0.29, 0.717) is 49.3 Å². The maximum absolute atomic E-state index is 12.8. The largest absolute Gasteiger partial charge is 0.384 e. The molecule has 0 aromatic carbocycles. The number of aromatic nitrogens is 3. The summed E-state index contributed by atoms with van der Waals surface area (Å²) in [4.78, 5) is 41.7. The Hall–Kier alpha value is -3.05. The van der Waals surface area contributed by atoms with Crippen LogP contribution in [0.3, 0.4) is 0 Å². The Morgan fingerprint density at radius 3 is 2.83 bits per heavy atom. The van der Waals surface area contributed by atoms with E-state index in [1.807, 2.05) is 12.3 Å². The normalized spacial score (nSPS) is 24.0. The fourth-order valence-electron chi connectivity index (χ4n) is 5.96. The third-order valence-corrected chi connectivity index (χ3v) is 8.79. The Morgan fingerprint density at radius 2 is 2.14 bits per heavy atom. The molecule has 190 valence electrons. The van der Waals surface area contributed by atoms with Gasteiger partial charge in [0.1, 0.15) is 21.6 Å². The van der Waals surface area contributed by atoms with Crippen molar-refractivity contribution in [1.29, 1.82) is 0 Å². The van der Waals surface area contributed by atoms with Crippen molar-refractivity contribution in [3.63, 3.8) is 0 Å². The minimum Gasteiger partial charge on any atom is -0.384 e. The first-order valence-corrected chi connectivity index (χ1v) is 13.3. The van der Waals surface area contributed by atoms with Crippen molar-refractivity contribution in [1.82, 2.24) is 24.8 Å². The van der Waals surface area contributed by atoms with Crippen molar-refractivity contribution in [3.8, 4) is 10.6 Å². The Kier molecular flexibility index (Phi) is 5.91. The molecule has 2 amide bonds. The van der Waals surface area contributed by atoms with Crippen LogP contribution >= 0.6 is 11.3 Å². The van der Waals surface area contributed by atoms with E-state index in [1.165, 1.54) is 18.3 Å². The molecule has 3 N–H and O–H groups in total. The van der Waals surface area contributed by atoms with Gasteiger partial charge in [-0.1, -0.05) is 0 Å². The summed E-state index contributed by atoms with van der Waals surface area (Å²) in [5, 5.41) is 15.2. The summed E-state index contributed by atoms with van der Waals surface area (Å²) in [6.45, 7) is 3.29. The van der Waals surface area contributed by atoms with Crippen LogP contribution in [0.4, 0.5) is 10.1 Å². The summed E-state index contributed by atoms with van der Waals surface area (Å²) >= 11 is 1.37. The van der Waals surface area contributed by atoms with Gasteiger partial charge in [0, 0.05) is 43.5 Å². The van der Waals surface area contributed by atoms with E-state index in [2.05, 4.69) is 15.3 Å². The molecule has 3 aliphatic rings. The van der Waals surface area contributed by atoms with E-state index >= 15 is 0 Å². The topological polar surface area (TPSA) is 114 Å². The van der Waals surface area contributed by atoms with Crippen LogP contribution in [0, 0.1) is 11.8 Å². The average molecular weight is 513 g/mol. The van der Waals surface area contributed by atoms with Crippen LogP contribution < -0.4 is 5.32 Å². The third kappa shape index (κ3) is 3.94. The van der Waals surface area contributed by atoms with E-state index in [0.717, 1.165) is 45.8 Å². The number of anilines is 1. The lowest BCUT2D eigenvalue weighted by molar-refractivity contribution is -0.138. The molecule has 2 fully saturated rings. The first kappa shape index (κ1) is 23.4. The first-order chi connectivity index (χ1) is 17.4. The summed E-state index contributed by atoms with van der Waals surface area (Å²) < 4.78 is 12.6. The molecule has 3 aromatic heterocycles. The van der Waals surface area contributed by atoms with Crippen molar-refractivity contribution in [2.24, 2.45) is 11.8 Å². The van der Waals surface area contributed by atoms with Gasteiger partial charge in [0.05, 0.1) is 30.2 Å². The second-order valence-corrected chi connectivity index (χ2v) is 11.1. The first-order valence-electron chi connectivity index (χ1n) is 12.5. The van der Waals surface area contributed by atoms with E-state index < -0.39 is 12.8 Å². The predicted octanol–water partition coefficient (Wildman–Crippen LogP) is 3.03. The zero-order valence-electron chi connectivity index (χ0n) is 20.0. The summed E-state index contributed by atoms with van der Waals surface area (Å²) in [5.41, 5.74) is 3.35. The minimum atomic E-state index is -0.957. The number of pyridine rings is 1. The summed E-state index contributed by atoms with van der Waals surface area (Å²) in [6, 6.07) is 2.24. The number of halogens is 1. The number of aromatic amines is 1. The zero-order chi connectivity index (χ0) is 25.0. The molecule has 2 aliphatic heterocycles. The van der Waals surface area contributed by atoms with Gasteiger partial charge >= 0.3 is 0 Å². The predicted molar refractivity (Wildman–Crippen MR) is 134 cm³/mol. The molecule has 5 heterocycles. The van der Waals surface area contributed by atoms with Gasteiger partial charge in [-0.3, -0.25) is 14.0 Å². The number of amides is 2. The molecule has 1 saturated carbocycles. The van der Waals surface area contributed by atoms with Crippen LogP contribution in [-0.2, 0) is 11.3 Å². The quantitative estimate of drug-likeness (QED) is 0.448. The molecule has 0 bridgehead atoms. The Morgan fingerprint density at radius 1 is 1.36 bits per heavy atom. The highest BCUT2D eigenvalue weighted by molar-refractivity contribution is 7.17. The molecule has 4 atom stereocenters. The molecule has 0 spiro atoms. The summed E-state index contributed by atoms with van der Waals surface area (Å²) in [5.74, 6) is 0.559. The van der Waals surface area contributed by atoms with E-state index in [-0.39, 0.29) is 17.9 Å². The minimum absolute atomic E-state index is 0.0766. The van der Waals surface area contributed by atoms with Gasteiger partial charge in [-0.2, -0.15) is 0 Å². The van der Waals surface area contributed by atoms with Gasteiger partial charge in [-0.15, -0.1) is 11.3 Å². The number of hydrogen-bond donors (Lipinski definition) is 3. The van der Waals surface area contributed by atoms with Crippen LogP contribution in [0.5, 0.6) is 0 Å². The number of carbonyl (C=O) groups excluding carboxylic acids is 2. The molecule has 9 nitrogen and oxygen atoms in total. The van der Waals surface area contributed by atoms with Gasteiger partial charge in [0.2, 0.25) is 0 Å². The number of thiazole rings is 1. The molecular formula is C25H29FN6O3S. The van der Waals surface area contributed by atoms with Crippen molar-refractivity contribution < 1.29 is 19.1 Å². The highest BCUT2D eigenvalue weighted by Gasteiger charge is 2.43. The fourth-order valence-corrected chi connectivity index (χ4v) is 7.02. The zero-order valence-corrected chi connectivity index (χ0v) is 20.9. The lowest BCUT2D eigenvalue weighted by atomic mass is 10.0. The maximum Gasteiger partial charge on any atom is 0.266 e. The van der Waals surface area contributed by atoms with Gasteiger partial charge in [-0.05, 0) is 44.1 Å². The van der Waals surface area contributed by atoms with Gasteiger partial charge in [0.15, 0.2) is 0 Å². The monoisotopic (exact) mass is 512 g/mol. The van der Waals surface area contributed by atoms with Crippen LogP contribution in [-0.4, -0.2) is 80.1 Å². The van der Waals surface area contributed by atoms with E-state index in [1.54, 1.807) is 16.0 Å². The number of likely N-dealkylation sites (tertiary alicyclic amines) is 1. The molecule has 0 radical (unpaired) electrons. The van der Waals surface area contributed by atoms with Gasteiger partial charge in [0.25, 0.3) is 11.8 Å². The van der Waals surface area contributed by atoms with Gasteiger partial charge in [-0.25, -0.2) is 9.97 Å². The number of aliphatic hydroxyl groups is 1. The van der Waals surface area contributed by atoms with Crippen LogP contribution in [0.2, 0.25) is 0 Å². The van der Waals surface area contributed by atoms with Crippen molar-refractivity contribution in [3.05, 3.63) is 29.0 Å². The smallest absolute Gasteiger partial charge is 0.266 e.